The van der Waals surface area contributed by atoms with E-state index < -0.39 is 12.2 Å². The molecule has 0 spiro atoms. The SMILES string of the molecule is FC(F)c1cc(Oc2ccc(Cl)cc2)ccc1C1(Cn2cncc2Cl)OCCO1. The van der Waals surface area contributed by atoms with Crippen LogP contribution in [0.3, 0.4) is 0 Å². The summed E-state index contributed by atoms with van der Waals surface area (Å²) in [5, 5.41) is 0.904. The average molecular weight is 441 g/mol. The highest BCUT2D eigenvalue weighted by Crippen LogP contribution is 2.41. The van der Waals surface area contributed by atoms with E-state index in [1.165, 1.54) is 24.7 Å². The van der Waals surface area contributed by atoms with Crippen LogP contribution in [0.2, 0.25) is 10.2 Å². The largest absolute Gasteiger partial charge is 0.457 e. The lowest BCUT2D eigenvalue weighted by Gasteiger charge is -2.30. The smallest absolute Gasteiger partial charge is 0.264 e. The Bertz CT molecular complexity index is 990. The Morgan fingerprint density at radius 3 is 2.38 bits per heavy atom. The molecule has 0 unspecified atom stereocenters. The molecule has 1 fully saturated rings. The fourth-order valence-corrected chi connectivity index (χ4v) is 3.49. The molecule has 29 heavy (non-hydrogen) atoms. The van der Waals surface area contributed by atoms with Crippen LogP contribution < -0.4 is 4.74 Å². The van der Waals surface area contributed by atoms with E-state index in [-0.39, 0.29) is 36.6 Å². The molecule has 1 aromatic heterocycles. The van der Waals surface area contributed by atoms with Crippen molar-refractivity contribution in [3.05, 3.63) is 76.3 Å². The number of alkyl halides is 2. The third-order valence-corrected chi connectivity index (χ3v) is 5.08. The normalized spacial score (nSPS) is 15.8. The lowest BCUT2D eigenvalue weighted by molar-refractivity contribution is -0.177. The van der Waals surface area contributed by atoms with E-state index in [2.05, 4.69) is 4.98 Å². The van der Waals surface area contributed by atoms with Crippen molar-refractivity contribution in [1.29, 1.82) is 0 Å². The second-order valence-electron chi connectivity index (χ2n) is 6.40. The van der Waals surface area contributed by atoms with E-state index in [4.69, 9.17) is 37.4 Å². The van der Waals surface area contributed by atoms with Gasteiger partial charge < -0.3 is 18.8 Å². The van der Waals surface area contributed by atoms with Gasteiger partial charge in [0.25, 0.3) is 6.43 Å². The van der Waals surface area contributed by atoms with Gasteiger partial charge in [-0.1, -0.05) is 23.2 Å². The van der Waals surface area contributed by atoms with Crippen molar-refractivity contribution in [3.63, 3.8) is 0 Å². The summed E-state index contributed by atoms with van der Waals surface area (Å²) < 4.78 is 46.8. The van der Waals surface area contributed by atoms with Crippen LogP contribution >= 0.6 is 23.2 Å². The van der Waals surface area contributed by atoms with Crippen LogP contribution in [0.5, 0.6) is 11.5 Å². The summed E-state index contributed by atoms with van der Waals surface area (Å²) in [5.74, 6) is -0.648. The van der Waals surface area contributed by atoms with Gasteiger partial charge in [-0.15, -0.1) is 0 Å². The van der Waals surface area contributed by atoms with Crippen LogP contribution in [-0.2, 0) is 21.8 Å². The van der Waals surface area contributed by atoms with E-state index in [9.17, 15) is 8.78 Å². The lowest BCUT2D eigenvalue weighted by Crippen LogP contribution is -2.34. The van der Waals surface area contributed by atoms with Crippen molar-refractivity contribution < 1.29 is 23.0 Å². The molecule has 9 heteroatoms. The van der Waals surface area contributed by atoms with Gasteiger partial charge in [-0.3, -0.25) is 0 Å². The van der Waals surface area contributed by atoms with Crippen LogP contribution in [0.25, 0.3) is 0 Å². The Morgan fingerprint density at radius 2 is 1.76 bits per heavy atom. The molecule has 2 heterocycles. The van der Waals surface area contributed by atoms with E-state index in [0.717, 1.165) is 0 Å². The molecule has 152 valence electrons. The third kappa shape index (κ3) is 4.23. The minimum atomic E-state index is -2.76. The first kappa shape index (κ1) is 20.1. The molecule has 1 aliphatic heterocycles. The molecule has 0 atom stereocenters. The van der Waals surface area contributed by atoms with E-state index >= 15 is 0 Å². The Hall–Kier alpha value is -2.19. The number of nitrogens with zero attached hydrogens (tertiary/aromatic N) is 2. The highest BCUT2D eigenvalue weighted by atomic mass is 35.5. The first-order valence-electron chi connectivity index (χ1n) is 8.76. The first-order chi connectivity index (χ1) is 14.0. The van der Waals surface area contributed by atoms with Gasteiger partial charge in [0, 0.05) is 16.1 Å². The summed E-state index contributed by atoms with van der Waals surface area (Å²) in [6.07, 6.45) is 0.193. The van der Waals surface area contributed by atoms with Gasteiger partial charge in [-0.2, -0.15) is 0 Å². The lowest BCUT2D eigenvalue weighted by atomic mass is 9.98. The predicted molar refractivity (Wildman–Crippen MR) is 104 cm³/mol. The van der Waals surface area contributed by atoms with Gasteiger partial charge in [0.1, 0.15) is 16.7 Å². The quantitative estimate of drug-likeness (QED) is 0.484. The molecule has 2 aromatic carbocycles. The van der Waals surface area contributed by atoms with Crippen LogP contribution in [0.1, 0.15) is 17.6 Å². The fraction of sp³-hybridized carbons (Fsp3) is 0.250. The Morgan fingerprint density at radius 1 is 1.07 bits per heavy atom. The maximum Gasteiger partial charge on any atom is 0.264 e. The van der Waals surface area contributed by atoms with E-state index in [1.54, 1.807) is 34.9 Å². The zero-order chi connectivity index (χ0) is 20.4. The van der Waals surface area contributed by atoms with Crippen molar-refractivity contribution in [2.24, 2.45) is 0 Å². The molecule has 3 aromatic rings. The number of halogens is 4. The summed E-state index contributed by atoms with van der Waals surface area (Å²) in [5.41, 5.74) is -0.0205. The van der Waals surface area contributed by atoms with Crippen molar-refractivity contribution >= 4 is 23.2 Å². The van der Waals surface area contributed by atoms with Crippen molar-refractivity contribution in [3.8, 4) is 11.5 Å². The van der Waals surface area contributed by atoms with Crippen molar-refractivity contribution in [2.75, 3.05) is 13.2 Å². The van der Waals surface area contributed by atoms with Crippen LogP contribution in [0, 0.1) is 0 Å². The highest BCUT2D eigenvalue weighted by molar-refractivity contribution is 6.30. The molecule has 0 amide bonds. The number of ether oxygens (including phenoxy) is 3. The molecule has 0 radical (unpaired) electrons. The topological polar surface area (TPSA) is 45.5 Å². The summed E-state index contributed by atoms with van der Waals surface area (Å²) in [6.45, 7) is 0.638. The number of rotatable bonds is 6. The molecule has 5 nitrogen and oxygen atoms in total. The van der Waals surface area contributed by atoms with Gasteiger partial charge in [0.15, 0.2) is 0 Å². The van der Waals surface area contributed by atoms with Crippen molar-refractivity contribution in [2.45, 2.75) is 18.8 Å². The molecule has 0 N–H and O–H groups in total. The summed E-state index contributed by atoms with van der Waals surface area (Å²) in [4.78, 5) is 3.96. The molecule has 0 bridgehead atoms. The monoisotopic (exact) mass is 440 g/mol. The molecular weight excluding hydrogens is 425 g/mol. The number of benzene rings is 2. The van der Waals surface area contributed by atoms with Crippen LogP contribution in [0.4, 0.5) is 8.78 Å². The second-order valence-corrected chi connectivity index (χ2v) is 7.22. The average Bonchev–Trinajstić information content (AvgIpc) is 3.34. The number of aromatic nitrogens is 2. The first-order valence-corrected chi connectivity index (χ1v) is 9.52. The Kier molecular flexibility index (Phi) is 5.74. The second kappa shape index (κ2) is 8.28. The number of hydrogen-bond donors (Lipinski definition) is 0. The van der Waals surface area contributed by atoms with E-state index in [0.29, 0.717) is 15.9 Å². The summed E-state index contributed by atoms with van der Waals surface area (Å²) >= 11 is 12.0. The maximum atomic E-state index is 14.0. The standard InChI is InChI=1S/C20H16Cl2F2N2O3/c21-13-1-3-14(4-2-13)29-15-5-6-17(16(9-15)19(23)24)20(27-7-8-28-20)11-26-12-25-10-18(26)22/h1-6,9-10,12,19H,7-8,11H2. The van der Waals surface area contributed by atoms with Crippen LogP contribution in [-0.4, -0.2) is 22.8 Å². The van der Waals surface area contributed by atoms with Gasteiger partial charge in [-0.05, 0) is 42.5 Å². The summed E-state index contributed by atoms with van der Waals surface area (Å²) in [7, 11) is 0. The van der Waals surface area contributed by atoms with Gasteiger partial charge in [0.2, 0.25) is 5.79 Å². The molecule has 0 saturated carbocycles. The minimum Gasteiger partial charge on any atom is -0.457 e. The predicted octanol–water partition coefficient (Wildman–Crippen LogP) is 5.82. The molecule has 4 rings (SSSR count). The Balaban J connectivity index is 1.69. The van der Waals surface area contributed by atoms with Gasteiger partial charge in [0.05, 0.1) is 32.3 Å². The molecule has 1 aliphatic rings. The van der Waals surface area contributed by atoms with Crippen LogP contribution in [0.15, 0.2) is 55.0 Å². The Labute approximate surface area is 175 Å². The zero-order valence-electron chi connectivity index (χ0n) is 15.0. The highest BCUT2D eigenvalue weighted by Gasteiger charge is 2.42. The molecular formula is C20H16Cl2F2N2O3. The maximum absolute atomic E-state index is 14.0. The third-order valence-electron chi connectivity index (χ3n) is 4.51. The number of imidazole rings is 1. The summed E-state index contributed by atoms with van der Waals surface area (Å²) in [6, 6.07) is 11.0. The van der Waals surface area contributed by atoms with Gasteiger partial charge in [-0.25, -0.2) is 13.8 Å². The number of hydrogen-bond acceptors (Lipinski definition) is 4. The van der Waals surface area contributed by atoms with Gasteiger partial charge >= 0.3 is 0 Å². The minimum absolute atomic E-state index is 0.0863. The zero-order valence-corrected chi connectivity index (χ0v) is 16.5. The molecule has 0 aliphatic carbocycles. The van der Waals surface area contributed by atoms with Crippen molar-refractivity contribution in [1.82, 2.24) is 9.55 Å². The van der Waals surface area contributed by atoms with E-state index in [1.807, 2.05) is 0 Å². The fourth-order valence-electron chi connectivity index (χ4n) is 3.20. The molecule has 1 saturated heterocycles.